The van der Waals surface area contributed by atoms with Crippen molar-refractivity contribution in [3.63, 3.8) is 0 Å². The molecule has 0 aliphatic rings. The van der Waals surface area contributed by atoms with Gasteiger partial charge >= 0.3 is 5.97 Å². The summed E-state index contributed by atoms with van der Waals surface area (Å²) in [5.41, 5.74) is -0.198. The second-order valence-corrected chi connectivity index (χ2v) is 4.65. The van der Waals surface area contributed by atoms with Crippen molar-refractivity contribution in [3.05, 3.63) is 27.6 Å². The highest BCUT2D eigenvalue weighted by Gasteiger charge is 2.10. The Kier molecular flexibility index (Phi) is 3.23. The van der Waals surface area contributed by atoms with E-state index in [0.29, 0.717) is 10.2 Å². The molecule has 0 N–H and O–H groups in total. The van der Waals surface area contributed by atoms with E-state index in [9.17, 15) is 9.59 Å². The van der Waals surface area contributed by atoms with E-state index in [1.165, 1.54) is 29.3 Å². The molecule has 0 unspecified atom stereocenters. The lowest BCUT2D eigenvalue weighted by Crippen LogP contribution is -2.24. The molecular weight excluding hydrogens is 240 g/mol. The van der Waals surface area contributed by atoms with Gasteiger partial charge in [0.05, 0.1) is 18.8 Å². The molecule has 90 valence electrons. The molecule has 6 heteroatoms. The van der Waals surface area contributed by atoms with E-state index >= 15 is 0 Å². The van der Waals surface area contributed by atoms with Crippen LogP contribution in [0.1, 0.15) is 11.8 Å². The highest BCUT2D eigenvalue weighted by molar-refractivity contribution is 7.18. The summed E-state index contributed by atoms with van der Waals surface area (Å²) in [5.74, 6) is -0.459. The molecule has 0 aromatic carbocycles. The number of nitrogens with zero attached hydrogens (tertiary/aromatic N) is 2. The number of aromatic nitrogens is 2. The van der Waals surface area contributed by atoms with Gasteiger partial charge in [-0.15, -0.1) is 11.3 Å². The molecule has 2 aromatic rings. The monoisotopic (exact) mass is 252 g/mol. The van der Waals surface area contributed by atoms with E-state index in [1.807, 2.05) is 13.0 Å². The maximum Gasteiger partial charge on any atom is 0.325 e. The van der Waals surface area contributed by atoms with Crippen LogP contribution in [-0.2, 0) is 22.5 Å². The molecule has 17 heavy (non-hydrogen) atoms. The summed E-state index contributed by atoms with van der Waals surface area (Å²) in [4.78, 5) is 29.2. The molecule has 0 aliphatic heterocycles. The molecule has 0 aliphatic carbocycles. The molecule has 2 rings (SSSR count). The smallest absolute Gasteiger partial charge is 0.325 e. The average molecular weight is 252 g/mol. The van der Waals surface area contributed by atoms with Gasteiger partial charge in [-0.2, -0.15) is 0 Å². The fourth-order valence-corrected chi connectivity index (χ4v) is 2.43. The lowest BCUT2D eigenvalue weighted by atomic mass is 10.3. The van der Waals surface area contributed by atoms with Crippen LogP contribution in [0.3, 0.4) is 0 Å². The summed E-state index contributed by atoms with van der Waals surface area (Å²) in [5, 5.41) is 0.568. The highest BCUT2D eigenvalue weighted by atomic mass is 32.1. The molecule has 0 fully saturated rings. The zero-order chi connectivity index (χ0) is 12.4. The third-order valence-electron chi connectivity index (χ3n) is 2.44. The summed E-state index contributed by atoms with van der Waals surface area (Å²) in [6, 6.07) is 1.84. The van der Waals surface area contributed by atoms with Gasteiger partial charge in [0.15, 0.2) is 0 Å². The van der Waals surface area contributed by atoms with Gasteiger partial charge in [0, 0.05) is 4.88 Å². The molecule has 0 saturated carbocycles. The average Bonchev–Trinajstić information content (AvgIpc) is 2.76. The van der Waals surface area contributed by atoms with Gasteiger partial charge in [0.25, 0.3) is 5.56 Å². The van der Waals surface area contributed by atoms with Gasteiger partial charge in [0.1, 0.15) is 11.4 Å². The predicted molar refractivity (Wildman–Crippen MR) is 65.3 cm³/mol. The van der Waals surface area contributed by atoms with Gasteiger partial charge in [-0.1, -0.05) is 6.92 Å². The number of aryl methyl sites for hydroxylation is 1. The van der Waals surface area contributed by atoms with Crippen LogP contribution < -0.4 is 5.56 Å². The van der Waals surface area contributed by atoms with E-state index < -0.39 is 5.97 Å². The second-order valence-electron chi connectivity index (χ2n) is 3.54. The Labute approximate surface area is 102 Å². The minimum atomic E-state index is -0.459. The highest BCUT2D eigenvalue weighted by Crippen LogP contribution is 2.20. The van der Waals surface area contributed by atoms with Crippen LogP contribution in [0.15, 0.2) is 17.2 Å². The van der Waals surface area contributed by atoms with E-state index in [4.69, 9.17) is 0 Å². The van der Waals surface area contributed by atoms with Crippen LogP contribution in [-0.4, -0.2) is 22.6 Å². The maximum atomic E-state index is 12.0. The molecule has 2 aromatic heterocycles. The van der Waals surface area contributed by atoms with Gasteiger partial charge < -0.3 is 4.74 Å². The first-order valence-corrected chi connectivity index (χ1v) is 6.02. The Bertz CT molecular complexity index is 615. The summed E-state index contributed by atoms with van der Waals surface area (Å²) in [6.07, 6.45) is 2.26. The van der Waals surface area contributed by atoms with E-state index in [-0.39, 0.29) is 12.1 Å². The number of rotatable bonds is 3. The predicted octanol–water partition coefficient (Wildman–Crippen LogP) is 1.19. The Morgan fingerprint density at radius 3 is 3.00 bits per heavy atom. The number of carbonyl (C=O) groups excluding carboxylic acids is 1. The lowest BCUT2D eigenvalue weighted by Gasteiger charge is -2.02. The fraction of sp³-hybridized carbons (Fsp3) is 0.364. The number of hydrogen-bond donors (Lipinski definition) is 0. The number of hydrogen-bond acceptors (Lipinski definition) is 5. The van der Waals surface area contributed by atoms with Gasteiger partial charge in [0.2, 0.25) is 0 Å². The van der Waals surface area contributed by atoms with Gasteiger partial charge in [-0.25, -0.2) is 4.98 Å². The number of ether oxygens (including phenoxy) is 1. The van der Waals surface area contributed by atoms with Crippen molar-refractivity contribution in [2.45, 2.75) is 19.9 Å². The summed E-state index contributed by atoms with van der Waals surface area (Å²) in [6.45, 7) is 1.92. The number of thiophene rings is 1. The Balaban J connectivity index is 2.49. The van der Waals surface area contributed by atoms with Crippen LogP contribution in [0.25, 0.3) is 10.2 Å². The van der Waals surface area contributed by atoms with Gasteiger partial charge in [-0.3, -0.25) is 14.2 Å². The molecule has 0 spiro atoms. The lowest BCUT2D eigenvalue weighted by molar-refractivity contribution is -0.141. The van der Waals surface area contributed by atoms with Crippen LogP contribution in [0, 0.1) is 0 Å². The minimum Gasteiger partial charge on any atom is -0.468 e. The second kappa shape index (κ2) is 4.67. The Hall–Kier alpha value is -1.69. The quantitative estimate of drug-likeness (QED) is 0.770. The van der Waals surface area contributed by atoms with Crippen molar-refractivity contribution < 1.29 is 9.53 Å². The fourth-order valence-electron chi connectivity index (χ4n) is 1.50. The largest absolute Gasteiger partial charge is 0.468 e. The zero-order valence-corrected chi connectivity index (χ0v) is 10.4. The summed E-state index contributed by atoms with van der Waals surface area (Å²) >= 11 is 1.50. The van der Waals surface area contributed by atoms with E-state index in [2.05, 4.69) is 9.72 Å². The van der Waals surface area contributed by atoms with Crippen LogP contribution in [0.5, 0.6) is 0 Å². The maximum absolute atomic E-state index is 12.0. The van der Waals surface area contributed by atoms with Crippen LogP contribution in [0.2, 0.25) is 0 Å². The molecular formula is C11H12N2O3S. The zero-order valence-electron chi connectivity index (χ0n) is 9.60. The molecule has 0 radical (unpaired) electrons. The summed E-state index contributed by atoms with van der Waals surface area (Å²) < 4.78 is 5.79. The molecule has 2 heterocycles. The van der Waals surface area contributed by atoms with Crippen molar-refractivity contribution in [3.8, 4) is 0 Å². The SMILES string of the molecule is CCc1cc2c(=O)n(CC(=O)OC)cnc2s1. The first-order valence-electron chi connectivity index (χ1n) is 5.20. The van der Waals surface area contributed by atoms with Crippen molar-refractivity contribution in [1.29, 1.82) is 0 Å². The van der Waals surface area contributed by atoms with Crippen molar-refractivity contribution >= 4 is 27.5 Å². The third-order valence-corrected chi connectivity index (χ3v) is 3.63. The normalized spacial score (nSPS) is 10.7. The van der Waals surface area contributed by atoms with E-state index in [0.717, 1.165) is 11.3 Å². The first-order chi connectivity index (χ1) is 8.15. The number of methoxy groups -OCH3 is 1. The number of carbonyl (C=O) groups is 1. The van der Waals surface area contributed by atoms with Crippen LogP contribution >= 0.6 is 11.3 Å². The molecule has 5 nitrogen and oxygen atoms in total. The molecule has 0 amide bonds. The molecule has 0 bridgehead atoms. The minimum absolute atomic E-state index is 0.102. The molecule has 0 saturated heterocycles. The Morgan fingerprint density at radius 1 is 1.59 bits per heavy atom. The van der Waals surface area contributed by atoms with Crippen molar-refractivity contribution in [2.24, 2.45) is 0 Å². The first kappa shape index (κ1) is 11.8. The molecule has 0 atom stereocenters. The van der Waals surface area contributed by atoms with Crippen LogP contribution in [0.4, 0.5) is 0 Å². The standard InChI is InChI=1S/C11H12N2O3S/c1-3-7-4-8-10(17-7)12-6-13(11(8)15)5-9(14)16-2/h4,6H,3,5H2,1-2H3. The topological polar surface area (TPSA) is 61.2 Å². The number of esters is 1. The Morgan fingerprint density at radius 2 is 2.35 bits per heavy atom. The van der Waals surface area contributed by atoms with Crippen molar-refractivity contribution in [2.75, 3.05) is 7.11 Å². The number of fused-ring (bicyclic) bond motifs is 1. The van der Waals surface area contributed by atoms with E-state index in [1.54, 1.807) is 0 Å². The van der Waals surface area contributed by atoms with Crippen molar-refractivity contribution in [1.82, 2.24) is 9.55 Å². The summed E-state index contributed by atoms with van der Waals surface area (Å²) in [7, 11) is 1.29. The van der Waals surface area contributed by atoms with Gasteiger partial charge in [-0.05, 0) is 12.5 Å². The third kappa shape index (κ3) is 2.21.